The Morgan fingerprint density at radius 1 is 1.17 bits per heavy atom. The van der Waals surface area contributed by atoms with Crippen LogP contribution in [0.15, 0.2) is 59.9 Å². The first-order valence-electron chi connectivity index (χ1n) is 10.1. The van der Waals surface area contributed by atoms with Gasteiger partial charge in [-0.1, -0.05) is 18.2 Å². The van der Waals surface area contributed by atoms with Crippen LogP contribution >= 0.6 is 0 Å². The largest absolute Gasteiger partial charge is 0.508 e. The molecule has 3 heterocycles. The zero-order valence-electron chi connectivity index (χ0n) is 17.1. The van der Waals surface area contributed by atoms with Gasteiger partial charge in [0.15, 0.2) is 0 Å². The molecule has 0 spiro atoms. The molecule has 0 fully saturated rings. The molecule has 1 aromatic heterocycles. The Hall–Kier alpha value is -3.54. The van der Waals surface area contributed by atoms with Crippen molar-refractivity contribution in [2.45, 2.75) is 32.7 Å². The average molecular weight is 401 g/mol. The van der Waals surface area contributed by atoms with Crippen LogP contribution in [0.1, 0.15) is 43.9 Å². The van der Waals surface area contributed by atoms with Gasteiger partial charge in [0.25, 0.3) is 5.91 Å². The molecule has 0 radical (unpaired) electrons. The van der Waals surface area contributed by atoms with Crippen molar-refractivity contribution in [3.8, 4) is 5.75 Å². The first kappa shape index (κ1) is 18.5. The maximum absolute atomic E-state index is 13.3. The number of imide groups is 1. The summed E-state index contributed by atoms with van der Waals surface area (Å²) >= 11 is 0. The van der Waals surface area contributed by atoms with Crippen molar-refractivity contribution >= 4 is 28.4 Å². The molecule has 2 aliphatic heterocycles. The molecule has 5 rings (SSSR count). The number of anilines is 1. The fourth-order valence-electron chi connectivity index (χ4n) is 4.67. The number of rotatable bonds is 2. The quantitative estimate of drug-likeness (QED) is 0.677. The monoisotopic (exact) mass is 401 g/mol. The summed E-state index contributed by atoms with van der Waals surface area (Å²) in [7, 11) is 0. The summed E-state index contributed by atoms with van der Waals surface area (Å²) in [6.45, 7) is 5.92. The van der Waals surface area contributed by atoms with Crippen molar-refractivity contribution in [1.82, 2.24) is 9.47 Å². The minimum atomic E-state index is -0.337. The standard InChI is InChI=1S/C24H23N3O3/c1-13(2)26-11-17-21(15-7-9-16(29)10-8-15)23-19(12-27(14(3)28)24(23)30)25-18-5-4-6-20(26)22(17)18/h4-11,13,21,25,29H,12H2,1-3H3/t21-/m0/s1. The Morgan fingerprint density at radius 3 is 2.57 bits per heavy atom. The normalized spacial score (nSPS) is 18.1. The third-order valence-electron chi connectivity index (χ3n) is 6.05. The van der Waals surface area contributed by atoms with Crippen LogP contribution in [0.3, 0.4) is 0 Å². The van der Waals surface area contributed by atoms with E-state index in [1.54, 1.807) is 12.1 Å². The highest BCUT2D eigenvalue weighted by Gasteiger charge is 2.41. The van der Waals surface area contributed by atoms with Crippen LogP contribution in [-0.2, 0) is 9.59 Å². The number of aromatic nitrogens is 1. The van der Waals surface area contributed by atoms with E-state index in [9.17, 15) is 14.7 Å². The van der Waals surface area contributed by atoms with Crippen LogP contribution < -0.4 is 5.32 Å². The lowest BCUT2D eigenvalue weighted by atomic mass is 9.84. The van der Waals surface area contributed by atoms with E-state index in [1.165, 1.54) is 11.8 Å². The second-order valence-corrected chi connectivity index (χ2v) is 8.24. The van der Waals surface area contributed by atoms with Crippen LogP contribution in [0.4, 0.5) is 5.69 Å². The summed E-state index contributed by atoms with van der Waals surface area (Å²) < 4.78 is 2.22. The highest BCUT2D eigenvalue weighted by atomic mass is 16.3. The molecule has 0 unspecified atom stereocenters. The first-order chi connectivity index (χ1) is 14.4. The number of benzene rings is 2. The minimum absolute atomic E-state index is 0.174. The number of hydrogen-bond acceptors (Lipinski definition) is 4. The molecular weight excluding hydrogens is 378 g/mol. The van der Waals surface area contributed by atoms with Gasteiger partial charge >= 0.3 is 0 Å². The van der Waals surface area contributed by atoms with Crippen molar-refractivity contribution in [2.24, 2.45) is 0 Å². The number of hydrogen-bond donors (Lipinski definition) is 2. The summed E-state index contributed by atoms with van der Waals surface area (Å²) in [5.41, 5.74) is 5.32. The van der Waals surface area contributed by atoms with Crippen molar-refractivity contribution in [2.75, 3.05) is 11.9 Å². The van der Waals surface area contributed by atoms with E-state index in [0.29, 0.717) is 5.57 Å². The van der Waals surface area contributed by atoms with Crippen LogP contribution in [0, 0.1) is 0 Å². The molecule has 6 heteroatoms. The third kappa shape index (κ3) is 2.56. The number of carbonyl (C=O) groups excluding carboxylic acids is 2. The van der Waals surface area contributed by atoms with E-state index in [1.807, 2.05) is 24.3 Å². The van der Waals surface area contributed by atoms with Crippen LogP contribution in [0.2, 0.25) is 0 Å². The molecule has 0 saturated carbocycles. The second kappa shape index (κ2) is 6.49. The summed E-state index contributed by atoms with van der Waals surface area (Å²) in [5.74, 6) is -0.692. The predicted octanol–water partition coefficient (Wildman–Crippen LogP) is 4.13. The lowest BCUT2D eigenvalue weighted by molar-refractivity contribution is -0.139. The topological polar surface area (TPSA) is 74.6 Å². The van der Waals surface area contributed by atoms with Gasteiger partial charge in [-0.05, 0) is 49.2 Å². The minimum Gasteiger partial charge on any atom is -0.508 e. The Bertz CT molecular complexity index is 1230. The van der Waals surface area contributed by atoms with Crippen LogP contribution in [-0.4, -0.2) is 32.9 Å². The zero-order valence-corrected chi connectivity index (χ0v) is 17.1. The molecule has 0 aliphatic carbocycles. The molecular formula is C24H23N3O3. The molecule has 0 saturated heterocycles. The van der Waals surface area contributed by atoms with Gasteiger partial charge in [0.1, 0.15) is 5.75 Å². The van der Waals surface area contributed by atoms with E-state index in [4.69, 9.17) is 0 Å². The number of carbonyl (C=O) groups is 2. The highest BCUT2D eigenvalue weighted by Crippen LogP contribution is 2.47. The van der Waals surface area contributed by atoms with Gasteiger partial charge in [-0.15, -0.1) is 0 Å². The maximum Gasteiger partial charge on any atom is 0.259 e. The SMILES string of the molecule is CC(=O)N1CC2=C(C1=O)[C@@H](c1ccc(O)cc1)c1cn(C(C)C)c3cccc(c13)N2. The number of nitrogens with zero attached hydrogens (tertiary/aromatic N) is 2. The zero-order chi connectivity index (χ0) is 21.2. The summed E-state index contributed by atoms with van der Waals surface area (Å²) in [4.78, 5) is 26.8. The maximum atomic E-state index is 13.3. The van der Waals surface area contributed by atoms with Gasteiger partial charge in [-0.2, -0.15) is 0 Å². The molecule has 152 valence electrons. The number of phenols is 1. The van der Waals surface area contributed by atoms with E-state index < -0.39 is 0 Å². The Morgan fingerprint density at radius 2 is 1.90 bits per heavy atom. The summed E-state index contributed by atoms with van der Waals surface area (Å²) in [5, 5.41) is 14.4. The smallest absolute Gasteiger partial charge is 0.259 e. The van der Waals surface area contributed by atoms with Gasteiger partial charge < -0.3 is 15.0 Å². The van der Waals surface area contributed by atoms with Crippen LogP contribution in [0.5, 0.6) is 5.75 Å². The van der Waals surface area contributed by atoms with E-state index in [2.05, 4.69) is 36.0 Å². The van der Waals surface area contributed by atoms with Gasteiger partial charge in [-0.25, -0.2) is 0 Å². The van der Waals surface area contributed by atoms with Crippen LogP contribution in [0.25, 0.3) is 10.9 Å². The van der Waals surface area contributed by atoms with Gasteiger partial charge in [0.05, 0.1) is 17.6 Å². The van der Waals surface area contributed by atoms with E-state index in [0.717, 1.165) is 33.4 Å². The number of aromatic hydroxyl groups is 1. The summed E-state index contributed by atoms with van der Waals surface area (Å²) in [6.07, 6.45) is 2.12. The van der Waals surface area contributed by atoms with E-state index in [-0.39, 0.29) is 36.1 Å². The van der Waals surface area contributed by atoms with Crippen molar-refractivity contribution in [3.63, 3.8) is 0 Å². The average Bonchev–Trinajstić information content (AvgIpc) is 3.20. The van der Waals surface area contributed by atoms with Crippen molar-refractivity contribution < 1.29 is 14.7 Å². The van der Waals surface area contributed by atoms with Gasteiger partial charge in [-0.3, -0.25) is 14.5 Å². The fourth-order valence-corrected chi connectivity index (χ4v) is 4.67. The number of nitrogens with one attached hydrogen (secondary N) is 1. The van der Waals surface area contributed by atoms with E-state index >= 15 is 0 Å². The second-order valence-electron chi connectivity index (χ2n) is 8.24. The first-order valence-corrected chi connectivity index (χ1v) is 10.1. The predicted molar refractivity (Wildman–Crippen MR) is 115 cm³/mol. The van der Waals surface area contributed by atoms with Crippen molar-refractivity contribution in [3.05, 3.63) is 71.1 Å². The van der Waals surface area contributed by atoms with Gasteiger partial charge in [0.2, 0.25) is 5.91 Å². The molecule has 2 aromatic carbocycles. The molecule has 30 heavy (non-hydrogen) atoms. The lowest BCUT2D eigenvalue weighted by Gasteiger charge is -2.19. The summed E-state index contributed by atoms with van der Waals surface area (Å²) in [6, 6.07) is 13.3. The third-order valence-corrected chi connectivity index (χ3v) is 6.05. The van der Waals surface area contributed by atoms with Crippen molar-refractivity contribution in [1.29, 1.82) is 0 Å². The Balaban J connectivity index is 1.82. The lowest BCUT2D eigenvalue weighted by Crippen LogP contribution is -2.33. The molecule has 6 nitrogen and oxygen atoms in total. The molecule has 2 amide bonds. The number of phenolic OH excluding ortho intramolecular Hbond substituents is 1. The molecule has 1 atom stereocenters. The Labute approximate surface area is 174 Å². The molecule has 2 N–H and O–H groups in total. The number of amides is 2. The highest BCUT2D eigenvalue weighted by molar-refractivity contribution is 6.11. The molecule has 2 aliphatic rings. The Kier molecular flexibility index (Phi) is 4.00. The molecule has 3 aromatic rings. The fraction of sp³-hybridized carbons (Fsp3) is 0.250. The van der Waals surface area contributed by atoms with Gasteiger partial charge in [0, 0.05) is 41.9 Å². The molecule has 0 bridgehead atoms.